The molecule has 25 heavy (non-hydrogen) atoms. The number of nitrogens with zero attached hydrogens (tertiary/aromatic N) is 3. The third-order valence-corrected chi connectivity index (χ3v) is 3.82. The van der Waals surface area contributed by atoms with Crippen LogP contribution in [0, 0.1) is 19.7 Å². The molecule has 6 heteroatoms. The summed E-state index contributed by atoms with van der Waals surface area (Å²) in [6.45, 7) is 3.90. The van der Waals surface area contributed by atoms with Crippen molar-refractivity contribution in [3.05, 3.63) is 83.2 Å². The fourth-order valence-electron chi connectivity index (χ4n) is 2.62. The molecule has 0 spiro atoms. The van der Waals surface area contributed by atoms with Gasteiger partial charge in [0.15, 0.2) is 0 Å². The molecule has 0 aliphatic heterocycles. The van der Waals surface area contributed by atoms with Crippen molar-refractivity contribution in [3.63, 3.8) is 0 Å². The van der Waals surface area contributed by atoms with Crippen LogP contribution in [-0.2, 0) is 0 Å². The Bertz CT molecular complexity index is 915. The summed E-state index contributed by atoms with van der Waals surface area (Å²) in [4.78, 5) is 15.9. The van der Waals surface area contributed by atoms with E-state index < -0.39 is 0 Å². The Hall–Kier alpha value is -3.28. The monoisotopic (exact) mass is 336 g/mol. The lowest BCUT2D eigenvalue weighted by molar-refractivity contribution is 0.0950. The van der Waals surface area contributed by atoms with E-state index in [1.54, 1.807) is 42.7 Å². The second kappa shape index (κ2) is 7.09. The lowest BCUT2D eigenvalue weighted by Gasteiger charge is -2.09. The Labute approximate surface area is 144 Å². The molecule has 0 radical (unpaired) electrons. The first-order chi connectivity index (χ1) is 12.1. The molecule has 3 rings (SSSR count). The van der Waals surface area contributed by atoms with Gasteiger partial charge in [0.25, 0.3) is 5.91 Å². The minimum absolute atomic E-state index is 0.273. The maximum atomic E-state index is 13.1. The maximum Gasteiger partial charge on any atom is 0.289 e. The largest absolute Gasteiger partial charge is 0.318 e. The smallest absolute Gasteiger partial charge is 0.289 e. The molecular weight excluding hydrogens is 319 g/mol. The Morgan fingerprint density at radius 1 is 1.20 bits per heavy atom. The van der Waals surface area contributed by atoms with Crippen molar-refractivity contribution < 1.29 is 9.18 Å². The van der Waals surface area contributed by atoms with Crippen LogP contribution in [0.5, 0.6) is 0 Å². The number of halogens is 1. The van der Waals surface area contributed by atoms with E-state index in [2.05, 4.69) is 15.5 Å². The van der Waals surface area contributed by atoms with Crippen molar-refractivity contribution >= 4 is 12.1 Å². The Balaban J connectivity index is 1.79. The van der Waals surface area contributed by atoms with Gasteiger partial charge in [-0.05, 0) is 56.3 Å². The van der Waals surface area contributed by atoms with E-state index >= 15 is 0 Å². The lowest BCUT2D eigenvalue weighted by atomic mass is 10.2. The fourth-order valence-corrected chi connectivity index (χ4v) is 2.62. The number of benzene rings is 1. The molecule has 0 saturated carbocycles. The third kappa shape index (κ3) is 3.63. The first kappa shape index (κ1) is 16.6. The van der Waals surface area contributed by atoms with Gasteiger partial charge in [-0.25, -0.2) is 9.82 Å². The zero-order chi connectivity index (χ0) is 17.8. The van der Waals surface area contributed by atoms with Gasteiger partial charge in [-0.15, -0.1) is 0 Å². The van der Waals surface area contributed by atoms with Crippen LogP contribution in [-0.4, -0.2) is 21.7 Å². The summed E-state index contributed by atoms with van der Waals surface area (Å²) < 4.78 is 15.1. The van der Waals surface area contributed by atoms with E-state index in [1.165, 1.54) is 12.1 Å². The number of carbonyl (C=O) groups excluding carboxylic acids is 1. The van der Waals surface area contributed by atoms with E-state index in [1.807, 2.05) is 24.5 Å². The number of hydrazone groups is 1. The third-order valence-electron chi connectivity index (χ3n) is 3.82. The van der Waals surface area contributed by atoms with E-state index in [0.717, 1.165) is 22.6 Å². The summed E-state index contributed by atoms with van der Waals surface area (Å²) in [6.07, 6.45) is 3.14. The normalized spacial score (nSPS) is 11.0. The van der Waals surface area contributed by atoms with Crippen molar-refractivity contribution in [3.8, 4) is 5.69 Å². The van der Waals surface area contributed by atoms with Crippen molar-refractivity contribution in [1.82, 2.24) is 15.0 Å². The van der Waals surface area contributed by atoms with Gasteiger partial charge in [-0.2, -0.15) is 5.10 Å². The van der Waals surface area contributed by atoms with Crippen LogP contribution in [0.15, 0.2) is 59.8 Å². The van der Waals surface area contributed by atoms with Crippen molar-refractivity contribution in [2.45, 2.75) is 13.8 Å². The number of nitrogens with one attached hydrogen (secondary N) is 1. The van der Waals surface area contributed by atoms with Gasteiger partial charge in [0, 0.05) is 28.8 Å². The molecular formula is C19H17FN4O. The van der Waals surface area contributed by atoms with Gasteiger partial charge < -0.3 is 4.57 Å². The molecule has 0 fully saturated rings. The highest BCUT2D eigenvalue weighted by Crippen LogP contribution is 2.20. The first-order valence-electron chi connectivity index (χ1n) is 7.75. The summed E-state index contributed by atoms with van der Waals surface area (Å²) in [7, 11) is 0. The lowest BCUT2D eigenvalue weighted by Crippen LogP contribution is -2.18. The van der Waals surface area contributed by atoms with E-state index in [9.17, 15) is 9.18 Å². The van der Waals surface area contributed by atoms with Crippen LogP contribution in [0.3, 0.4) is 0 Å². The van der Waals surface area contributed by atoms with Crippen LogP contribution in [0.1, 0.15) is 27.4 Å². The number of hydrogen-bond donors (Lipinski definition) is 1. The highest BCUT2D eigenvalue weighted by atomic mass is 19.1. The minimum atomic E-state index is -0.371. The Kier molecular flexibility index (Phi) is 4.70. The highest BCUT2D eigenvalue weighted by Gasteiger charge is 2.10. The van der Waals surface area contributed by atoms with Gasteiger partial charge in [0.2, 0.25) is 0 Å². The molecule has 0 atom stereocenters. The molecule has 1 N–H and O–H groups in total. The van der Waals surface area contributed by atoms with Crippen molar-refractivity contribution in [2.24, 2.45) is 5.10 Å². The quantitative estimate of drug-likeness (QED) is 0.586. The van der Waals surface area contributed by atoms with E-state index in [0.29, 0.717) is 5.69 Å². The molecule has 3 aromatic rings. The molecule has 2 heterocycles. The van der Waals surface area contributed by atoms with Crippen LogP contribution >= 0.6 is 0 Å². The number of pyridine rings is 1. The zero-order valence-corrected chi connectivity index (χ0v) is 13.9. The molecule has 5 nitrogen and oxygen atoms in total. The van der Waals surface area contributed by atoms with Gasteiger partial charge >= 0.3 is 0 Å². The molecule has 0 aliphatic carbocycles. The Morgan fingerprint density at radius 2 is 1.96 bits per heavy atom. The molecule has 0 saturated heterocycles. The number of amides is 1. The highest BCUT2D eigenvalue weighted by molar-refractivity contribution is 5.93. The second-order valence-electron chi connectivity index (χ2n) is 5.55. The number of aromatic nitrogens is 2. The van der Waals surface area contributed by atoms with E-state index in [4.69, 9.17) is 0 Å². The predicted octanol–water partition coefficient (Wildman–Crippen LogP) is 3.39. The standard InChI is InChI=1S/C19H17FN4O/c1-13-11-15(12-22-23-19(25)18-5-3-4-10-21-18)14(2)24(13)17-8-6-16(20)7-9-17/h3-12H,1-2H3,(H,23,25)/b22-12-. The zero-order valence-electron chi connectivity index (χ0n) is 13.9. The molecule has 0 unspecified atom stereocenters. The number of carbonyl (C=O) groups is 1. The van der Waals surface area contributed by atoms with Crippen LogP contribution in [0.2, 0.25) is 0 Å². The summed E-state index contributed by atoms with van der Waals surface area (Å²) in [6, 6.07) is 13.3. The average Bonchev–Trinajstić information content (AvgIpc) is 2.90. The summed E-state index contributed by atoms with van der Waals surface area (Å²) in [5.41, 5.74) is 6.43. The first-order valence-corrected chi connectivity index (χ1v) is 7.75. The summed E-state index contributed by atoms with van der Waals surface area (Å²) in [5, 5.41) is 4.00. The molecule has 0 aliphatic rings. The van der Waals surface area contributed by atoms with Crippen molar-refractivity contribution in [2.75, 3.05) is 0 Å². The number of aryl methyl sites for hydroxylation is 1. The molecule has 0 bridgehead atoms. The molecule has 2 aromatic heterocycles. The van der Waals surface area contributed by atoms with Crippen LogP contribution in [0.4, 0.5) is 4.39 Å². The van der Waals surface area contributed by atoms with Gasteiger partial charge in [-0.1, -0.05) is 6.07 Å². The molecule has 126 valence electrons. The van der Waals surface area contributed by atoms with Gasteiger partial charge in [0.05, 0.1) is 6.21 Å². The van der Waals surface area contributed by atoms with Crippen molar-refractivity contribution in [1.29, 1.82) is 0 Å². The van der Waals surface area contributed by atoms with Gasteiger partial charge in [-0.3, -0.25) is 9.78 Å². The number of hydrogen-bond acceptors (Lipinski definition) is 3. The fraction of sp³-hybridized carbons (Fsp3) is 0.105. The topological polar surface area (TPSA) is 59.3 Å². The minimum Gasteiger partial charge on any atom is -0.318 e. The summed E-state index contributed by atoms with van der Waals surface area (Å²) in [5.74, 6) is -0.644. The molecule has 1 aromatic carbocycles. The second-order valence-corrected chi connectivity index (χ2v) is 5.55. The maximum absolute atomic E-state index is 13.1. The molecule has 1 amide bonds. The number of rotatable bonds is 4. The van der Waals surface area contributed by atoms with Gasteiger partial charge in [0.1, 0.15) is 11.5 Å². The average molecular weight is 336 g/mol. The van der Waals surface area contributed by atoms with Crippen LogP contribution < -0.4 is 5.43 Å². The predicted molar refractivity (Wildman–Crippen MR) is 94.5 cm³/mol. The Morgan fingerprint density at radius 3 is 2.64 bits per heavy atom. The van der Waals surface area contributed by atoms with Crippen LogP contribution in [0.25, 0.3) is 5.69 Å². The summed E-state index contributed by atoms with van der Waals surface area (Å²) >= 11 is 0. The van der Waals surface area contributed by atoms with E-state index in [-0.39, 0.29) is 11.7 Å². The SMILES string of the molecule is Cc1cc(/C=N\NC(=O)c2ccccn2)c(C)n1-c1ccc(F)cc1.